The van der Waals surface area contributed by atoms with Gasteiger partial charge < -0.3 is 14.4 Å². The van der Waals surface area contributed by atoms with Gasteiger partial charge in [-0.15, -0.1) is 0 Å². The molecular weight excluding hydrogens is 563 g/mol. The number of anilines is 1. The standard InChI is InChI=1S/C28H36Cl2N2O6S/c1-27(2,3)17-32-22-13-12-18(29)14-20(22)25(19-10-8-9-11-21(19)30)37-23(26(32)34)15-31(39(7,35)36)16-24(33)38-28(4,5)6/h8-14,23,25H,15-17H2,1-7H3. The number of hydrogen-bond acceptors (Lipinski definition) is 6. The fourth-order valence-electron chi connectivity index (χ4n) is 4.28. The van der Waals surface area contributed by atoms with Crippen LogP contribution in [0.2, 0.25) is 10.0 Å². The number of esters is 1. The smallest absolute Gasteiger partial charge is 0.321 e. The van der Waals surface area contributed by atoms with Gasteiger partial charge in [-0.05, 0) is 50.5 Å². The molecule has 214 valence electrons. The maximum atomic E-state index is 14.1. The van der Waals surface area contributed by atoms with Crippen molar-refractivity contribution in [1.29, 1.82) is 0 Å². The van der Waals surface area contributed by atoms with Crippen LogP contribution in [0.1, 0.15) is 58.8 Å². The van der Waals surface area contributed by atoms with Crippen molar-refractivity contribution in [3.8, 4) is 0 Å². The van der Waals surface area contributed by atoms with Crippen molar-refractivity contribution in [3.05, 3.63) is 63.6 Å². The molecule has 3 rings (SSSR count). The highest BCUT2D eigenvalue weighted by Crippen LogP contribution is 2.42. The number of amides is 1. The molecule has 0 aliphatic carbocycles. The SMILES string of the molecule is CC(C)(C)CN1C(=O)C(CN(CC(=O)OC(C)(C)C)S(C)(=O)=O)OC(c2ccccc2Cl)c2cc(Cl)ccc21. The fraction of sp³-hybridized carbons (Fsp3) is 0.500. The number of sulfonamides is 1. The lowest BCUT2D eigenvalue weighted by atomic mass is 9.94. The van der Waals surface area contributed by atoms with Gasteiger partial charge in [0.25, 0.3) is 5.91 Å². The Morgan fingerprint density at radius 3 is 2.26 bits per heavy atom. The number of rotatable bonds is 7. The van der Waals surface area contributed by atoms with Gasteiger partial charge in [0.05, 0.1) is 6.26 Å². The first-order valence-electron chi connectivity index (χ1n) is 12.5. The molecule has 0 N–H and O–H groups in total. The summed E-state index contributed by atoms with van der Waals surface area (Å²) >= 11 is 13.0. The Hall–Kier alpha value is -2.17. The van der Waals surface area contributed by atoms with Gasteiger partial charge in [0.1, 0.15) is 18.2 Å². The minimum Gasteiger partial charge on any atom is -0.459 e. The van der Waals surface area contributed by atoms with E-state index in [9.17, 15) is 18.0 Å². The summed E-state index contributed by atoms with van der Waals surface area (Å²) in [6.07, 6.45) is -1.13. The molecule has 2 unspecified atom stereocenters. The highest BCUT2D eigenvalue weighted by atomic mass is 35.5. The summed E-state index contributed by atoms with van der Waals surface area (Å²) < 4.78 is 38.2. The number of hydrogen-bond donors (Lipinski definition) is 0. The molecule has 1 aliphatic heterocycles. The van der Waals surface area contributed by atoms with E-state index in [-0.39, 0.29) is 5.41 Å². The molecule has 2 atom stereocenters. The second-order valence-electron chi connectivity index (χ2n) is 11.9. The number of ether oxygens (including phenoxy) is 2. The molecule has 1 amide bonds. The average molecular weight is 600 g/mol. The van der Waals surface area contributed by atoms with Gasteiger partial charge in [-0.2, -0.15) is 4.31 Å². The van der Waals surface area contributed by atoms with Crippen molar-refractivity contribution >= 4 is 50.8 Å². The van der Waals surface area contributed by atoms with Crippen LogP contribution in [-0.2, 0) is 29.1 Å². The van der Waals surface area contributed by atoms with Gasteiger partial charge in [-0.1, -0.05) is 62.2 Å². The minimum absolute atomic E-state index is 0.311. The van der Waals surface area contributed by atoms with Crippen LogP contribution >= 0.6 is 23.2 Å². The fourth-order valence-corrected chi connectivity index (χ4v) is 5.44. The van der Waals surface area contributed by atoms with E-state index in [1.165, 1.54) is 0 Å². The van der Waals surface area contributed by atoms with Gasteiger partial charge in [0.15, 0.2) is 6.10 Å². The van der Waals surface area contributed by atoms with Crippen LogP contribution in [0.15, 0.2) is 42.5 Å². The number of carbonyl (C=O) groups is 2. The molecular formula is C28H36Cl2N2O6S. The summed E-state index contributed by atoms with van der Waals surface area (Å²) in [4.78, 5) is 28.3. The number of carbonyl (C=O) groups excluding carboxylic acids is 2. The maximum absolute atomic E-state index is 14.1. The van der Waals surface area contributed by atoms with E-state index < -0.39 is 52.8 Å². The van der Waals surface area contributed by atoms with Crippen LogP contribution in [0.5, 0.6) is 0 Å². The highest BCUT2D eigenvalue weighted by molar-refractivity contribution is 7.88. The number of nitrogens with zero attached hydrogens (tertiary/aromatic N) is 2. The zero-order chi connectivity index (χ0) is 29.3. The molecule has 11 heteroatoms. The molecule has 1 aliphatic rings. The van der Waals surface area contributed by atoms with E-state index in [4.69, 9.17) is 32.7 Å². The maximum Gasteiger partial charge on any atom is 0.321 e. The van der Waals surface area contributed by atoms with Gasteiger partial charge in [0, 0.05) is 39.9 Å². The molecule has 0 bridgehead atoms. The Kier molecular flexibility index (Phi) is 9.45. The molecule has 0 radical (unpaired) electrons. The second-order valence-corrected chi connectivity index (χ2v) is 14.7. The predicted molar refractivity (Wildman–Crippen MR) is 154 cm³/mol. The lowest BCUT2D eigenvalue weighted by molar-refractivity contribution is -0.155. The van der Waals surface area contributed by atoms with Crippen molar-refractivity contribution in [2.45, 2.75) is 59.4 Å². The zero-order valence-corrected chi connectivity index (χ0v) is 25.7. The van der Waals surface area contributed by atoms with Gasteiger partial charge >= 0.3 is 5.97 Å². The van der Waals surface area contributed by atoms with Crippen LogP contribution in [0.3, 0.4) is 0 Å². The monoisotopic (exact) mass is 598 g/mol. The molecule has 0 spiro atoms. The normalized spacial score (nSPS) is 18.6. The van der Waals surface area contributed by atoms with E-state index in [0.29, 0.717) is 33.4 Å². The van der Waals surface area contributed by atoms with Crippen molar-refractivity contribution in [3.63, 3.8) is 0 Å². The molecule has 8 nitrogen and oxygen atoms in total. The molecule has 0 fully saturated rings. The summed E-state index contributed by atoms with van der Waals surface area (Å²) in [5, 5.41) is 0.858. The topological polar surface area (TPSA) is 93.2 Å². The Bertz CT molecular complexity index is 1330. The number of fused-ring (bicyclic) bond motifs is 1. The predicted octanol–water partition coefficient (Wildman–Crippen LogP) is 5.46. The van der Waals surface area contributed by atoms with Crippen LogP contribution < -0.4 is 4.90 Å². The first-order chi connectivity index (χ1) is 17.9. The van der Waals surface area contributed by atoms with E-state index in [1.807, 2.05) is 20.8 Å². The molecule has 0 aromatic heterocycles. The van der Waals surface area contributed by atoms with Gasteiger partial charge in [-0.3, -0.25) is 9.59 Å². The highest BCUT2D eigenvalue weighted by Gasteiger charge is 2.41. The van der Waals surface area contributed by atoms with Crippen LogP contribution in [0.4, 0.5) is 5.69 Å². The van der Waals surface area contributed by atoms with Crippen LogP contribution in [0, 0.1) is 5.41 Å². The summed E-state index contributed by atoms with van der Waals surface area (Å²) in [5.41, 5.74) is 0.678. The quantitative estimate of drug-likeness (QED) is 0.393. The Balaban J connectivity index is 2.14. The molecule has 39 heavy (non-hydrogen) atoms. The summed E-state index contributed by atoms with van der Waals surface area (Å²) in [6, 6.07) is 12.3. The molecule has 1 heterocycles. The van der Waals surface area contributed by atoms with Gasteiger partial charge in [-0.25, -0.2) is 8.42 Å². The van der Waals surface area contributed by atoms with E-state index in [2.05, 4.69) is 0 Å². The lowest BCUT2D eigenvalue weighted by Gasteiger charge is -2.32. The van der Waals surface area contributed by atoms with Crippen LogP contribution in [-0.4, -0.2) is 62.2 Å². The van der Waals surface area contributed by atoms with Crippen LogP contribution in [0.25, 0.3) is 0 Å². The number of benzene rings is 2. The average Bonchev–Trinajstić information content (AvgIpc) is 2.86. The zero-order valence-electron chi connectivity index (χ0n) is 23.3. The third-order valence-electron chi connectivity index (χ3n) is 5.79. The second kappa shape index (κ2) is 11.7. The summed E-state index contributed by atoms with van der Waals surface area (Å²) in [5.74, 6) is -1.18. The lowest BCUT2D eigenvalue weighted by Crippen LogP contribution is -2.50. The van der Waals surface area contributed by atoms with E-state index in [0.717, 1.165) is 10.6 Å². The van der Waals surface area contributed by atoms with E-state index in [1.54, 1.807) is 68.1 Å². The Morgan fingerprint density at radius 2 is 1.69 bits per heavy atom. The first kappa shape index (κ1) is 31.4. The molecule has 2 aromatic rings. The van der Waals surface area contributed by atoms with Crippen molar-refractivity contribution in [2.75, 3.05) is 30.8 Å². The van der Waals surface area contributed by atoms with Crippen molar-refractivity contribution < 1.29 is 27.5 Å². The Morgan fingerprint density at radius 1 is 1.05 bits per heavy atom. The minimum atomic E-state index is -3.93. The molecule has 0 saturated carbocycles. The van der Waals surface area contributed by atoms with E-state index >= 15 is 0 Å². The number of halogens is 2. The summed E-state index contributed by atoms with van der Waals surface area (Å²) in [6.45, 7) is 10.4. The largest absolute Gasteiger partial charge is 0.459 e. The molecule has 0 saturated heterocycles. The first-order valence-corrected chi connectivity index (χ1v) is 15.1. The van der Waals surface area contributed by atoms with Crippen molar-refractivity contribution in [2.24, 2.45) is 5.41 Å². The van der Waals surface area contributed by atoms with Gasteiger partial charge in [0.2, 0.25) is 10.0 Å². The third-order valence-corrected chi connectivity index (χ3v) is 7.58. The third kappa shape index (κ3) is 8.41. The van der Waals surface area contributed by atoms with Crippen molar-refractivity contribution in [1.82, 2.24) is 4.31 Å². The summed E-state index contributed by atoms with van der Waals surface area (Å²) in [7, 11) is -3.93. The molecule has 2 aromatic carbocycles. The Labute approximate surface area is 241 Å².